The van der Waals surface area contributed by atoms with Gasteiger partial charge in [0.2, 0.25) is 12.2 Å². The highest BCUT2D eigenvalue weighted by atomic mass is 19.4. The summed E-state index contributed by atoms with van der Waals surface area (Å²) < 4.78 is 60.7. The van der Waals surface area contributed by atoms with Gasteiger partial charge in [-0.15, -0.1) is 13.2 Å². The summed E-state index contributed by atoms with van der Waals surface area (Å²) in [5.41, 5.74) is 0.313. The molecule has 2 fully saturated rings. The maximum Gasteiger partial charge on any atom is 0.573 e. The van der Waals surface area contributed by atoms with Gasteiger partial charge in [-0.05, 0) is 36.6 Å². The third kappa shape index (κ3) is 9.94. The van der Waals surface area contributed by atoms with Gasteiger partial charge < -0.3 is 59.0 Å². The van der Waals surface area contributed by atoms with E-state index in [0.717, 1.165) is 29.9 Å². The zero-order chi connectivity index (χ0) is 42.5. The number of aliphatic carboxylic acids is 1. The van der Waals surface area contributed by atoms with E-state index < -0.39 is 73.3 Å². The van der Waals surface area contributed by atoms with Crippen LogP contribution in [0.5, 0.6) is 11.5 Å². The number of aliphatic hydroxyl groups excluding tert-OH is 3. The number of halogens is 3. The lowest BCUT2D eigenvalue weighted by atomic mass is 9.99. The van der Waals surface area contributed by atoms with Crippen LogP contribution in [0.15, 0.2) is 36.8 Å². The lowest BCUT2D eigenvalue weighted by Gasteiger charge is -2.38. The van der Waals surface area contributed by atoms with Crippen LogP contribution in [0.1, 0.15) is 24.8 Å². The van der Waals surface area contributed by atoms with Crippen molar-refractivity contribution in [3.63, 3.8) is 0 Å². The van der Waals surface area contributed by atoms with Gasteiger partial charge in [0.15, 0.2) is 23.3 Å². The smallest absolute Gasteiger partial charge is 0.479 e. The van der Waals surface area contributed by atoms with Gasteiger partial charge in [0, 0.05) is 59.6 Å². The number of likely N-dealkylation sites (N-methyl/N-ethyl adjacent to an activating group) is 3. The fourth-order valence-corrected chi connectivity index (χ4v) is 6.37. The Morgan fingerprint density at radius 3 is 2.43 bits per heavy atom. The van der Waals surface area contributed by atoms with Crippen LogP contribution in [-0.2, 0) is 25.7 Å². The number of hydrogen-bond donors (Lipinski definition) is 4. The molecule has 3 amide bonds. The van der Waals surface area contributed by atoms with Crippen LogP contribution in [0.2, 0.25) is 0 Å². The second-order valence-corrected chi connectivity index (χ2v) is 13.6. The number of alkyl halides is 3. The molecule has 2 aliphatic heterocycles. The van der Waals surface area contributed by atoms with Crippen molar-refractivity contribution in [2.24, 2.45) is 0 Å². The average Bonchev–Trinajstić information content (AvgIpc) is 3.63. The van der Waals surface area contributed by atoms with Crippen LogP contribution in [0, 0.1) is 11.3 Å². The summed E-state index contributed by atoms with van der Waals surface area (Å²) in [5, 5.41) is 48.9. The Bertz CT molecular complexity index is 2030. The van der Waals surface area contributed by atoms with E-state index in [-0.39, 0.29) is 37.0 Å². The number of carbonyl (C=O) groups excluding carboxylic acids is 3. The van der Waals surface area contributed by atoms with E-state index in [1.807, 2.05) is 18.0 Å². The van der Waals surface area contributed by atoms with E-state index in [4.69, 9.17) is 19.5 Å². The molecule has 3 aromatic rings. The minimum Gasteiger partial charge on any atom is -0.479 e. The number of nitriles is 1. The third-order valence-corrected chi connectivity index (χ3v) is 9.59. The molecule has 0 spiro atoms. The fourth-order valence-electron chi connectivity index (χ4n) is 6.37. The summed E-state index contributed by atoms with van der Waals surface area (Å²) in [6.45, 7) is 0.417. The van der Waals surface area contributed by atoms with Crippen LogP contribution in [0.3, 0.4) is 0 Å². The molecule has 6 atom stereocenters. The van der Waals surface area contributed by atoms with Gasteiger partial charge >= 0.3 is 24.5 Å². The number of benzene rings is 1. The predicted octanol–water partition coefficient (Wildman–Crippen LogP) is 1.11. The van der Waals surface area contributed by atoms with Gasteiger partial charge in [-0.1, -0.05) is 6.07 Å². The summed E-state index contributed by atoms with van der Waals surface area (Å²) >= 11 is 0. The van der Waals surface area contributed by atoms with Crippen molar-refractivity contribution >= 4 is 40.9 Å². The number of fused-ring (bicyclic) bond motifs is 1. The molecule has 58 heavy (non-hydrogen) atoms. The Morgan fingerprint density at radius 2 is 1.74 bits per heavy atom. The van der Waals surface area contributed by atoms with Crippen molar-refractivity contribution in [2.75, 3.05) is 52.2 Å². The number of piperidine rings is 1. The lowest BCUT2D eigenvalue weighted by Crippen LogP contribution is -2.61. The monoisotopic (exact) mass is 822 g/mol. The van der Waals surface area contributed by atoms with Gasteiger partial charge in [0.05, 0.1) is 11.5 Å². The lowest BCUT2D eigenvalue weighted by molar-refractivity contribution is -0.280. The highest BCUT2D eigenvalue weighted by Crippen LogP contribution is 2.36. The van der Waals surface area contributed by atoms with Crippen molar-refractivity contribution in [2.45, 2.75) is 69.0 Å². The van der Waals surface area contributed by atoms with Crippen LogP contribution < -0.4 is 14.4 Å². The molecule has 2 aliphatic rings. The molecule has 2 saturated heterocycles. The number of likely N-dealkylation sites (tertiary alicyclic amines) is 1. The van der Waals surface area contributed by atoms with Crippen molar-refractivity contribution < 1.29 is 71.7 Å². The topological polar surface area (TPSA) is 254 Å². The quantitative estimate of drug-likeness (QED) is 0.200. The summed E-state index contributed by atoms with van der Waals surface area (Å²) in [5.74, 6) is -3.10. The molecule has 314 valence electrons. The Hall–Kier alpha value is -5.96. The van der Waals surface area contributed by atoms with Gasteiger partial charge in [-0.25, -0.2) is 24.4 Å². The number of ether oxygens (including phenoxy) is 4. The molecule has 0 aliphatic carbocycles. The van der Waals surface area contributed by atoms with Crippen molar-refractivity contribution in [3.8, 4) is 17.6 Å². The van der Waals surface area contributed by atoms with Crippen LogP contribution in [0.25, 0.3) is 11.0 Å². The molecule has 4 N–H and O–H groups in total. The number of aromatic nitrogens is 3. The standard InChI is InChI=1S/C35H41F3N8O12/c1-42(33(53)46-12-9-21-29(40-18-41-30(21)46)44(3)20-5-4-11-45(16-20)24(47)8-10-39)13-14-43(2)34(54)55-17-19-6-7-22(23(15-19)58-35(36,37)38)56-32-27(50)25(48)26(49)28(57-32)31(51)52/h6-7,9,12,15,18,20,25-28,32,48-50H,4-5,8,11,13-14,16-17H2,1-3H3,(H,51,52)/t20-,25+,26+,27-,28+,32-/m1/s1. The predicted molar refractivity (Wildman–Crippen MR) is 190 cm³/mol. The molecule has 20 nitrogen and oxygen atoms in total. The number of aliphatic hydroxyl groups is 3. The zero-order valence-corrected chi connectivity index (χ0v) is 31.4. The van der Waals surface area contributed by atoms with Gasteiger partial charge in [-0.2, -0.15) is 5.26 Å². The van der Waals surface area contributed by atoms with E-state index in [0.29, 0.717) is 29.9 Å². The Morgan fingerprint density at radius 1 is 1.02 bits per heavy atom. The molecule has 2 aromatic heterocycles. The first-order valence-electron chi connectivity index (χ1n) is 17.7. The molecule has 4 heterocycles. The van der Waals surface area contributed by atoms with Gasteiger partial charge in [0.1, 0.15) is 43.5 Å². The second-order valence-electron chi connectivity index (χ2n) is 13.6. The molecular weight excluding hydrogens is 781 g/mol. The minimum atomic E-state index is -5.25. The van der Waals surface area contributed by atoms with E-state index in [1.54, 1.807) is 11.0 Å². The fraction of sp³-hybridized carbons (Fsp3) is 0.514. The van der Waals surface area contributed by atoms with Crippen LogP contribution >= 0.6 is 0 Å². The minimum absolute atomic E-state index is 0.00980. The summed E-state index contributed by atoms with van der Waals surface area (Å²) in [6.07, 6.45) is -12.3. The maximum atomic E-state index is 13.5. The molecule has 0 radical (unpaired) electrons. The van der Waals surface area contributed by atoms with Crippen molar-refractivity contribution in [1.29, 1.82) is 5.26 Å². The van der Waals surface area contributed by atoms with E-state index >= 15 is 0 Å². The first-order chi connectivity index (χ1) is 27.4. The number of carbonyl (C=O) groups is 4. The maximum absolute atomic E-state index is 13.5. The highest BCUT2D eigenvalue weighted by Gasteiger charge is 2.48. The molecule has 0 unspecified atom stereocenters. The summed E-state index contributed by atoms with van der Waals surface area (Å²) in [6, 6.07) is 5.95. The first kappa shape index (κ1) is 43.2. The highest BCUT2D eigenvalue weighted by molar-refractivity contribution is 5.95. The second kappa shape index (κ2) is 18.1. The molecule has 23 heteroatoms. The van der Waals surface area contributed by atoms with E-state index in [1.165, 1.54) is 42.2 Å². The molecule has 0 bridgehead atoms. The normalized spacial score (nSPS) is 22.1. The van der Waals surface area contributed by atoms with Crippen LogP contribution in [0.4, 0.5) is 28.6 Å². The molecule has 0 saturated carbocycles. The van der Waals surface area contributed by atoms with Crippen molar-refractivity contribution in [3.05, 3.63) is 42.4 Å². The van der Waals surface area contributed by atoms with Crippen LogP contribution in [-0.4, -0.2) is 164 Å². The Kier molecular flexibility index (Phi) is 13.5. The molecule has 1 aromatic carbocycles. The Labute approximate surface area is 328 Å². The number of anilines is 1. The molecule has 5 rings (SSSR count). The van der Waals surface area contributed by atoms with E-state index in [9.17, 15) is 52.8 Å². The largest absolute Gasteiger partial charge is 0.573 e. The van der Waals surface area contributed by atoms with Gasteiger partial charge in [0.25, 0.3) is 0 Å². The van der Waals surface area contributed by atoms with Gasteiger partial charge in [-0.3, -0.25) is 9.36 Å². The number of carboxylic acids is 1. The first-order valence-corrected chi connectivity index (χ1v) is 17.7. The number of carboxylic acid groups (broad SMARTS) is 1. The Balaban J connectivity index is 1.18. The summed E-state index contributed by atoms with van der Waals surface area (Å²) in [7, 11) is 4.72. The third-order valence-electron chi connectivity index (χ3n) is 9.59. The number of rotatable bonds is 12. The SMILES string of the molecule is CN(CCN(C)C(=O)n1ccc2c(N(C)[C@@H]3CCCN(C(=O)CC#N)C3)ncnc21)C(=O)OCc1ccc(O[C@@H]2O[C@H](C(=O)O)[C@@H](O)[C@H](O)[C@H]2O)c(OC(F)(F)F)c1. The van der Waals surface area contributed by atoms with Crippen molar-refractivity contribution in [1.82, 2.24) is 29.2 Å². The molecular formula is C35H41F3N8O12. The number of hydrogen-bond acceptors (Lipinski definition) is 15. The number of nitrogens with zero attached hydrogens (tertiary/aromatic N) is 8. The van der Waals surface area contributed by atoms with E-state index in [2.05, 4.69) is 14.7 Å². The summed E-state index contributed by atoms with van der Waals surface area (Å²) in [4.78, 5) is 64.8. The zero-order valence-electron chi connectivity index (χ0n) is 31.4. The average molecular weight is 823 g/mol. The number of amides is 3.